The summed E-state index contributed by atoms with van der Waals surface area (Å²) < 4.78 is 0. The summed E-state index contributed by atoms with van der Waals surface area (Å²) in [5.74, 6) is 0. The van der Waals surface area contributed by atoms with E-state index in [-0.39, 0.29) is 0 Å². The summed E-state index contributed by atoms with van der Waals surface area (Å²) in [6.45, 7) is 7.12. The summed E-state index contributed by atoms with van der Waals surface area (Å²) in [6, 6.07) is 1.23. The minimum absolute atomic E-state index is 0.516. The standard InChI is InChI=1S/C11H22N2/c1-9(2)13-7-5-11(6-8-13)4-3-10(11)12/h9-10H,3-8,12H2,1-2H3. The summed E-state index contributed by atoms with van der Waals surface area (Å²) >= 11 is 0. The fraction of sp³-hybridized carbons (Fsp3) is 1.00. The number of rotatable bonds is 1. The number of piperidine rings is 1. The molecule has 1 aliphatic heterocycles. The molecule has 1 atom stereocenters. The lowest BCUT2D eigenvalue weighted by Gasteiger charge is -2.53. The van der Waals surface area contributed by atoms with Gasteiger partial charge in [0.05, 0.1) is 0 Å². The van der Waals surface area contributed by atoms with Gasteiger partial charge in [-0.3, -0.25) is 0 Å². The maximum absolute atomic E-state index is 6.09. The second-order valence-corrected chi connectivity index (χ2v) is 5.14. The van der Waals surface area contributed by atoms with Gasteiger partial charge in [0.15, 0.2) is 0 Å². The van der Waals surface area contributed by atoms with Gasteiger partial charge < -0.3 is 10.6 Å². The second-order valence-electron chi connectivity index (χ2n) is 5.14. The van der Waals surface area contributed by atoms with E-state index in [1.165, 1.54) is 38.8 Å². The second kappa shape index (κ2) is 3.25. The predicted molar refractivity (Wildman–Crippen MR) is 55.6 cm³/mol. The molecule has 76 valence electrons. The van der Waals surface area contributed by atoms with E-state index in [2.05, 4.69) is 18.7 Å². The molecule has 0 bridgehead atoms. The van der Waals surface area contributed by atoms with Crippen molar-refractivity contribution in [2.45, 2.75) is 51.6 Å². The van der Waals surface area contributed by atoms with Gasteiger partial charge in [0, 0.05) is 12.1 Å². The van der Waals surface area contributed by atoms with Crippen molar-refractivity contribution in [3.63, 3.8) is 0 Å². The highest BCUT2D eigenvalue weighted by Gasteiger charge is 2.46. The molecule has 1 unspecified atom stereocenters. The summed E-state index contributed by atoms with van der Waals surface area (Å²) in [5, 5.41) is 0. The van der Waals surface area contributed by atoms with Crippen LogP contribution in [0.15, 0.2) is 0 Å². The van der Waals surface area contributed by atoms with E-state index < -0.39 is 0 Å². The van der Waals surface area contributed by atoms with Crippen molar-refractivity contribution in [3.8, 4) is 0 Å². The van der Waals surface area contributed by atoms with Crippen LogP contribution in [0.4, 0.5) is 0 Å². The Hall–Kier alpha value is -0.0800. The zero-order valence-corrected chi connectivity index (χ0v) is 8.92. The normalized spacial score (nSPS) is 33.7. The first-order chi connectivity index (χ1) is 6.14. The van der Waals surface area contributed by atoms with Crippen molar-refractivity contribution in [1.29, 1.82) is 0 Å². The van der Waals surface area contributed by atoms with Crippen LogP contribution in [-0.4, -0.2) is 30.1 Å². The van der Waals surface area contributed by atoms with Crippen LogP contribution in [0.3, 0.4) is 0 Å². The van der Waals surface area contributed by atoms with Crippen molar-refractivity contribution in [1.82, 2.24) is 4.90 Å². The van der Waals surface area contributed by atoms with Crippen LogP contribution in [0, 0.1) is 5.41 Å². The topological polar surface area (TPSA) is 29.3 Å². The van der Waals surface area contributed by atoms with Gasteiger partial charge in [-0.2, -0.15) is 0 Å². The number of likely N-dealkylation sites (tertiary alicyclic amines) is 1. The van der Waals surface area contributed by atoms with Gasteiger partial charge in [0.25, 0.3) is 0 Å². The van der Waals surface area contributed by atoms with Crippen LogP contribution in [-0.2, 0) is 0 Å². The molecule has 0 radical (unpaired) electrons. The zero-order chi connectivity index (χ0) is 9.47. The molecule has 1 aliphatic carbocycles. The SMILES string of the molecule is CC(C)N1CCC2(CCC2N)CC1. The predicted octanol–water partition coefficient (Wildman–Crippen LogP) is 1.60. The highest BCUT2D eigenvalue weighted by molar-refractivity contribution is 5.01. The van der Waals surface area contributed by atoms with Crippen molar-refractivity contribution in [2.75, 3.05) is 13.1 Å². The minimum atomic E-state index is 0.516. The maximum Gasteiger partial charge on any atom is 0.00967 e. The van der Waals surface area contributed by atoms with E-state index in [0.717, 1.165) is 0 Å². The van der Waals surface area contributed by atoms with Gasteiger partial charge in [-0.1, -0.05) is 0 Å². The molecular formula is C11H22N2. The van der Waals surface area contributed by atoms with Crippen LogP contribution in [0.5, 0.6) is 0 Å². The molecule has 1 spiro atoms. The lowest BCUT2D eigenvalue weighted by Crippen LogP contribution is -2.56. The van der Waals surface area contributed by atoms with Gasteiger partial charge in [-0.15, -0.1) is 0 Å². The summed E-state index contributed by atoms with van der Waals surface area (Å²) in [5.41, 5.74) is 6.65. The van der Waals surface area contributed by atoms with Crippen molar-refractivity contribution < 1.29 is 0 Å². The highest BCUT2D eigenvalue weighted by Crippen LogP contribution is 2.48. The Labute approximate surface area is 81.5 Å². The number of nitrogens with two attached hydrogens (primary N) is 1. The molecule has 0 aromatic heterocycles. The molecule has 2 fully saturated rings. The Balaban J connectivity index is 1.89. The average molecular weight is 182 g/mol. The molecule has 2 aliphatic rings. The van der Waals surface area contributed by atoms with E-state index in [0.29, 0.717) is 17.5 Å². The third-order valence-electron chi connectivity index (χ3n) is 4.26. The van der Waals surface area contributed by atoms with E-state index in [1.807, 2.05) is 0 Å². The molecule has 2 nitrogen and oxygen atoms in total. The quantitative estimate of drug-likeness (QED) is 0.667. The van der Waals surface area contributed by atoms with Crippen LogP contribution < -0.4 is 5.73 Å². The first kappa shape index (κ1) is 9.47. The Kier molecular flexibility index (Phi) is 2.37. The molecule has 2 rings (SSSR count). The molecule has 0 amide bonds. The molecule has 1 saturated heterocycles. The van der Waals surface area contributed by atoms with Gasteiger partial charge in [0.2, 0.25) is 0 Å². The monoisotopic (exact) mass is 182 g/mol. The highest BCUT2D eigenvalue weighted by atomic mass is 15.2. The molecule has 2 heteroatoms. The Morgan fingerprint density at radius 3 is 2.15 bits per heavy atom. The summed E-state index contributed by atoms with van der Waals surface area (Å²) in [4.78, 5) is 2.58. The van der Waals surface area contributed by atoms with Crippen LogP contribution >= 0.6 is 0 Å². The zero-order valence-electron chi connectivity index (χ0n) is 8.92. The fourth-order valence-corrected chi connectivity index (χ4v) is 2.83. The molecule has 1 heterocycles. The third kappa shape index (κ3) is 1.50. The van der Waals surface area contributed by atoms with Crippen molar-refractivity contribution in [2.24, 2.45) is 11.1 Å². The fourth-order valence-electron chi connectivity index (χ4n) is 2.83. The van der Waals surface area contributed by atoms with Gasteiger partial charge in [-0.25, -0.2) is 0 Å². The third-order valence-corrected chi connectivity index (χ3v) is 4.26. The number of hydrogen-bond acceptors (Lipinski definition) is 2. The average Bonchev–Trinajstić information content (AvgIpc) is 2.15. The Morgan fingerprint density at radius 2 is 1.85 bits per heavy atom. The van der Waals surface area contributed by atoms with E-state index in [4.69, 9.17) is 5.73 Å². The Morgan fingerprint density at radius 1 is 1.23 bits per heavy atom. The van der Waals surface area contributed by atoms with Gasteiger partial charge in [-0.05, 0) is 58.0 Å². The smallest absolute Gasteiger partial charge is 0.00967 e. The maximum atomic E-state index is 6.09. The lowest BCUT2D eigenvalue weighted by atomic mass is 9.59. The molecule has 2 N–H and O–H groups in total. The summed E-state index contributed by atoms with van der Waals surface area (Å²) in [6.07, 6.45) is 5.33. The first-order valence-electron chi connectivity index (χ1n) is 5.64. The number of hydrogen-bond donors (Lipinski definition) is 1. The van der Waals surface area contributed by atoms with E-state index in [9.17, 15) is 0 Å². The van der Waals surface area contributed by atoms with E-state index in [1.54, 1.807) is 0 Å². The van der Waals surface area contributed by atoms with E-state index >= 15 is 0 Å². The van der Waals surface area contributed by atoms with Gasteiger partial charge in [0.1, 0.15) is 0 Å². The minimum Gasteiger partial charge on any atom is -0.327 e. The van der Waals surface area contributed by atoms with Crippen LogP contribution in [0.1, 0.15) is 39.5 Å². The Bertz CT molecular complexity index is 181. The molecule has 0 aromatic rings. The first-order valence-corrected chi connectivity index (χ1v) is 5.64. The van der Waals surface area contributed by atoms with Crippen molar-refractivity contribution >= 4 is 0 Å². The largest absolute Gasteiger partial charge is 0.327 e. The number of nitrogens with zero attached hydrogens (tertiary/aromatic N) is 1. The molecular weight excluding hydrogens is 160 g/mol. The van der Waals surface area contributed by atoms with Crippen LogP contribution in [0.25, 0.3) is 0 Å². The summed E-state index contributed by atoms with van der Waals surface area (Å²) in [7, 11) is 0. The molecule has 1 saturated carbocycles. The lowest BCUT2D eigenvalue weighted by molar-refractivity contribution is 0.000907. The van der Waals surface area contributed by atoms with Crippen molar-refractivity contribution in [3.05, 3.63) is 0 Å². The van der Waals surface area contributed by atoms with Crippen LogP contribution in [0.2, 0.25) is 0 Å². The molecule has 0 aromatic carbocycles. The van der Waals surface area contributed by atoms with Gasteiger partial charge >= 0.3 is 0 Å². The molecule has 13 heavy (non-hydrogen) atoms.